The molecule has 1 aromatic carbocycles. The maximum absolute atomic E-state index is 11.1. The first-order chi connectivity index (χ1) is 7.52. The molecule has 0 saturated carbocycles. The molecular formula is C11H14Cl2N2O. The molecule has 1 aromatic rings. The van der Waals surface area contributed by atoms with Gasteiger partial charge >= 0.3 is 0 Å². The van der Waals surface area contributed by atoms with Crippen LogP contribution < -0.4 is 10.6 Å². The Morgan fingerprint density at radius 1 is 1.31 bits per heavy atom. The highest BCUT2D eigenvalue weighted by atomic mass is 35.5. The van der Waals surface area contributed by atoms with Crippen LogP contribution in [-0.2, 0) is 4.79 Å². The minimum atomic E-state index is -0.0556. The average Bonchev–Trinajstić information content (AvgIpc) is 2.23. The second kappa shape index (κ2) is 6.09. The van der Waals surface area contributed by atoms with E-state index in [1.165, 1.54) is 0 Å². The predicted molar refractivity (Wildman–Crippen MR) is 66.9 cm³/mol. The smallest absolute Gasteiger partial charge is 0.233 e. The molecular weight excluding hydrogens is 247 g/mol. The topological polar surface area (TPSA) is 41.1 Å². The Morgan fingerprint density at radius 3 is 2.38 bits per heavy atom. The maximum atomic E-state index is 11.1. The van der Waals surface area contributed by atoms with Crippen LogP contribution in [-0.4, -0.2) is 19.5 Å². The first-order valence-electron chi connectivity index (χ1n) is 4.93. The highest BCUT2D eigenvalue weighted by molar-refractivity contribution is 6.34. The van der Waals surface area contributed by atoms with E-state index in [1.807, 2.05) is 19.1 Å². The van der Waals surface area contributed by atoms with Gasteiger partial charge in [-0.1, -0.05) is 23.2 Å². The highest BCUT2D eigenvalue weighted by Crippen LogP contribution is 2.23. The molecule has 0 fully saturated rings. The zero-order valence-electron chi connectivity index (χ0n) is 9.18. The van der Waals surface area contributed by atoms with Gasteiger partial charge in [0, 0.05) is 23.1 Å². The number of hydrogen-bond donors (Lipinski definition) is 2. The van der Waals surface area contributed by atoms with Crippen LogP contribution in [0.25, 0.3) is 0 Å². The summed E-state index contributed by atoms with van der Waals surface area (Å²) in [5.41, 5.74) is 0.960. The zero-order valence-corrected chi connectivity index (χ0v) is 10.7. The number of carbonyl (C=O) groups is 1. The van der Waals surface area contributed by atoms with Crippen LogP contribution in [0.3, 0.4) is 0 Å². The van der Waals surface area contributed by atoms with Gasteiger partial charge in [-0.2, -0.15) is 0 Å². The largest absolute Gasteiger partial charge is 0.358 e. The molecule has 0 aliphatic rings. The molecule has 1 unspecified atom stereocenters. The quantitative estimate of drug-likeness (QED) is 0.873. The Labute approximate surface area is 105 Å². The third-order valence-electron chi connectivity index (χ3n) is 2.23. The van der Waals surface area contributed by atoms with Crippen LogP contribution in [0.4, 0.5) is 0 Å². The number of halogens is 2. The summed E-state index contributed by atoms with van der Waals surface area (Å²) in [5, 5.41) is 6.80. The number of nitrogens with one attached hydrogen (secondary N) is 2. The molecule has 5 heteroatoms. The molecule has 2 N–H and O–H groups in total. The van der Waals surface area contributed by atoms with Crippen LogP contribution in [0.2, 0.25) is 10.0 Å². The van der Waals surface area contributed by atoms with Gasteiger partial charge in [0.25, 0.3) is 0 Å². The summed E-state index contributed by atoms with van der Waals surface area (Å²) in [7, 11) is 1.60. The molecule has 0 radical (unpaired) electrons. The van der Waals surface area contributed by atoms with Crippen LogP contribution in [0, 0.1) is 0 Å². The second-order valence-corrected chi connectivity index (χ2v) is 4.35. The van der Waals surface area contributed by atoms with Crippen molar-refractivity contribution in [3.8, 4) is 0 Å². The standard InChI is InChI=1S/C11H14Cl2N2O/c1-7(15-6-11(16)14-2)8-3-9(12)5-10(13)4-8/h3-5,7,15H,6H2,1-2H3,(H,14,16). The van der Waals surface area contributed by atoms with Gasteiger partial charge in [0.15, 0.2) is 0 Å². The van der Waals surface area contributed by atoms with Gasteiger partial charge in [-0.05, 0) is 30.7 Å². The summed E-state index contributed by atoms with van der Waals surface area (Å²) in [4.78, 5) is 11.1. The minimum Gasteiger partial charge on any atom is -0.358 e. The van der Waals surface area contributed by atoms with E-state index < -0.39 is 0 Å². The summed E-state index contributed by atoms with van der Waals surface area (Å²) >= 11 is 11.8. The van der Waals surface area contributed by atoms with Crippen LogP contribution in [0.1, 0.15) is 18.5 Å². The molecule has 16 heavy (non-hydrogen) atoms. The first-order valence-corrected chi connectivity index (χ1v) is 5.68. The normalized spacial score (nSPS) is 12.2. The van der Waals surface area contributed by atoms with E-state index in [9.17, 15) is 4.79 Å². The van der Waals surface area contributed by atoms with Gasteiger partial charge in [-0.25, -0.2) is 0 Å². The fourth-order valence-electron chi connectivity index (χ4n) is 1.28. The van der Waals surface area contributed by atoms with Gasteiger partial charge in [-0.15, -0.1) is 0 Å². The number of likely N-dealkylation sites (N-methyl/N-ethyl adjacent to an activating group) is 1. The summed E-state index contributed by atoms with van der Waals surface area (Å²) < 4.78 is 0. The van der Waals surface area contributed by atoms with E-state index in [4.69, 9.17) is 23.2 Å². The third kappa shape index (κ3) is 4.00. The van der Waals surface area contributed by atoms with Crippen LogP contribution >= 0.6 is 23.2 Å². The maximum Gasteiger partial charge on any atom is 0.233 e. The Morgan fingerprint density at radius 2 is 1.88 bits per heavy atom. The monoisotopic (exact) mass is 260 g/mol. The molecule has 0 aliphatic carbocycles. The molecule has 0 spiro atoms. The Balaban J connectivity index is 2.65. The number of carbonyl (C=O) groups excluding carboxylic acids is 1. The molecule has 88 valence electrons. The van der Waals surface area contributed by atoms with E-state index >= 15 is 0 Å². The number of benzene rings is 1. The van der Waals surface area contributed by atoms with Crippen molar-refractivity contribution in [2.24, 2.45) is 0 Å². The van der Waals surface area contributed by atoms with Crippen molar-refractivity contribution < 1.29 is 4.79 Å². The molecule has 1 rings (SSSR count). The van der Waals surface area contributed by atoms with Crippen molar-refractivity contribution in [1.29, 1.82) is 0 Å². The molecule has 0 aromatic heterocycles. The van der Waals surface area contributed by atoms with E-state index in [1.54, 1.807) is 13.1 Å². The summed E-state index contributed by atoms with van der Waals surface area (Å²) in [6, 6.07) is 5.36. The molecule has 3 nitrogen and oxygen atoms in total. The fourth-order valence-corrected chi connectivity index (χ4v) is 1.82. The summed E-state index contributed by atoms with van der Waals surface area (Å²) in [6.07, 6.45) is 0. The molecule has 1 amide bonds. The number of rotatable bonds is 4. The van der Waals surface area contributed by atoms with Gasteiger partial charge < -0.3 is 10.6 Å². The Bertz CT molecular complexity index is 362. The van der Waals surface area contributed by atoms with E-state index in [2.05, 4.69) is 10.6 Å². The summed E-state index contributed by atoms with van der Waals surface area (Å²) in [5.74, 6) is -0.0556. The number of amides is 1. The fraction of sp³-hybridized carbons (Fsp3) is 0.364. The van der Waals surface area contributed by atoms with E-state index in [0.717, 1.165) is 5.56 Å². The Hall–Kier alpha value is -0.770. The zero-order chi connectivity index (χ0) is 12.1. The van der Waals surface area contributed by atoms with Crippen molar-refractivity contribution in [2.75, 3.05) is 13.6 Å². The number of hydrogen-bond acceptors (Lipinski definition) is 2. The van der Waals surface area contributed by atoms with Gasteiger partial charge in [0.1, 0.15) is 0 Å². The van der Waals surface area contributed by atoms with E-state index in [-0.39, 0.29) is 18.5 Å². The van der Waals surface area contributed by atoms with Crippen molar-refractivity contribution in [1.82, 2.24) is 10.6 Å². The van der Waals surface area contributed by atoms with Gasteiger partial charge in [-0.3, -0.25) is 4.79 Å². The van der Waals surface area contributed by atoms with Gasteiger partial charge in [0.2, 0.25) is 5.91 Å². The lowest BCUT2D eigenvalue weighted by Crippen LogP contribution is -2.32. The van der Waals surface area contributed by atoms with Crippen molar-refractivity contribution in [2.45, 2.75) is 13.0 Å². The van der Waals surface area contributed by atoms with Crippen LogP contribution in [0.15, 0.2) is 18.2 Å². The third-order valence-corrected chi connectivity index (χ3v) is 2.67. The average molecular weight is 261 g/mol. The highest BCUT2D eigenvalue weighted by Gasteiger charge is 2.08. The van der Waals surface area contributed by atoms with Crippen LogP contribution in [0.5, 0.6) is 0 Å². The first kappa shape index (κ1) is 13.3. The second-order valence-electron chi connectivity index (χ2n) is 3.48. The molecule has 0 heterocycles. The van der Waals surface area contributed by atoms with Gasteiger partial charge in [0.05, 0.1) is 6.54 Å². The van der Waals surface area contributed by atoms with E-state index in [0.29, 0.717) is 10.0 Å². The summed E-state index contributed by atoms with van der Waals surface area (Å²) in [6.45, 7) is 2.22. The lowest BCUT2D eigenvalue weighted by Gasteiger charge is -2.14. The Kier molecular flexibility index (Phi) is 5.06. The predicted octanol–water partition coefficient (Wildman–Crippen LogP) is 2.39. The van der Waals surface area contributed by atoms with Crippen molar-refractivity contribution in [3.05, 3.63) is 33.8 Å². The van der Waals surface area contributed by atoms with Crippen molar-refractivity contribution in [3.63, 3.8) is 0 Å². The molecule has 0 saturated heterocycles. The molecule has 0 bridgehead atoms. The SMILES string of the molecule is CNC(=O)CNC(C)c1cc(Cl)cc(Cl)c1. The van der Waals surface area contributed by atoms with Crippen molar-refractivity contribution >= 4 is 29.1 Å². The lowest BCUT2D eigenvalue weighted by molar-refractivity contribution is -0.119. The molecule has 1 atom stereocenters. The lowest BCUT2D eigenvalue weighted by atomic mass is 10.1. The minimum absolute atomic E-state index is 0.0218. The molecule has 0 aliphatic heterocycles.